The van der Waals surface area contributed by atoms with E-state index < -0.39 is 0 Å². The number of H-pyrrole nitrogens is 1. The number of fused-ring (bicyclic) bond motifs is 1. The molecule has 0 bridgehead atoms. The van der Waals surface area contributed by atoms with E-state index in [-0.39, 0.29) is 5.43 Å². The van der Waals surface area contributed by atoms with E-state index in [4.69, 9.17) is 5.73 Å². The minimum atomic E-state index is -0.153. The van der Waals surface area contributed by atoms with Gasteiger partial charge < -0.3 is 5.73 Å². The van der Waals surface area contributed by atoms with E-state index in [0.29, 0.717) is 18.0 Å². The van der Waals surface area contributed by atoms with E-state index >= 15 is 0 Å². The van der Waals surface area contributed by atoms with Crippen LogP contribution in [0.15, 0.2) is 47.5 Å². The highest BCUT2D eigenvalue weighted by molar-refractivity contribution is 5.35. The SMILES string of the molecule is Nc1cc(=O)c2n(Cc3ccccc3)nc[n+]2[nH]1. The molecule has 0 unspecified atom stereocenters. The normalized spacial score (nSPS) is 10.9. The minimum absolute atomic E-state index is 0.153. The lowest BCUT2D eigenvalue weighted by Gasteiger charge is -1.96. The molecule has 3 aromatic rings. The number of nitrogen functional groups attached to an aromatic ring is 1. The number of nitrogens with two attached hydrogens (primary N) is 1. The average Bonchev–Trinajstić information content (AvgIpc) is 2.73. The lowest BCUT2D eigenvalue weighted by molar-refractivity contribution is -0.580. The van der Waals surface area contributed by atoms with E-state index in [1.807, 2.05) is 30.3 Å². The fourth-order valence-electron chi connectivity index (χ4n) is 1.92. The van der Waals surface area contributed by atoms with Gasteiger partial charge in [0.15, 0.2) is 0 Å². The monoisotopic (exact) mass is 242 g/mol. The predicted octanol–water partition coefficient (Wildman–Crippen LogP) is -0.0594. The largest absolute Gasteiger partial charge is 0.383 e. The Bertz CT molecular complexity index is 744. The fourth-order valence-corrected chi connectivity index (χ4v) is 1.92. The Morgan fingerprint density at radius 1 is 1.33 bits per heavy atom. The van der Waals surface area contributed by atoms with E-state index in [1.165, 1.54) is 16.9 Å². The van der Waals surface area contributed by atoms with Crippen LogP contribution in [-0.2, 0) is 6.54 Å². The van der Waals surface area contributed by atoms with Crippen LogP contribution in [0.2, 0.25) is 0 Å². The van der Waals surface area contributed by atoms with Crippen molar-refractivity contribution in [3.63, 3.8) is 0 Å². The second-order valence-corrected chi connectivity index (χ2v) is 4.04. The van der Waals surface area contributed by atoms with Crippen LogP contribution >= 0.6 is 0 Å². The number of nitrogens with zero attached hydrogens (tertiary/aromatic N) is 3. The Balaban J connectivity index is 2.11. The van der Waals surface area contributed by atoms with Crippen molar-refractivity contribution in [3.8, 4) is 0 Å². The van der Waals surface area contributed by atoms with Gasteiger partial charge >= 0.3 is 5.65 Å². The molecule has 2 heterocycles. The van der Waals surface area contributed by atoms with Crippen molar-refractivity contribution in [2.24, 2.45) is 0 Å². The van der Waals surface area contributed by atoms with Crippen LogP contribution in [0.25, 0.3) is 5.65 Å². The van der Waals surface area contributed by atoms with Crippen molar-refractivity contribution in [2.75, 3.05) is 5.73 Å². The third-order valence-corrected chi connectivity index (χ3v) is 2.71. The molecule has 0 fully saturated rings. The first-order valence-corrected chi connectivity index (χ1v) is 5.54. The third-order valence-electron chi connectivity index (χ3n) is 2.71. The molecule has 0 aliphatic rings. The van der Waals surface area contributed by atoms with Crippen LogP contribution in [0.3, 0.4) is 0 Å². The van der Waals surface area contributed by atoms with Gasteiger partial charge in [0.05, 0.1) is 0 Å². The minimum Gasteiger partial charge on any atom is -0.383 e. The van der Waals surface area contributed by atoms with Crippen LogP contribution in [0.5, 0.6) is 0 Å². The Kier molecular flexibility index (Phi) is 2.33. The van der Waals surface area contributed by atoms with Gasteiger partial charge in [0.2, 0.25) is 0 Å². The number of anilines is 1. The van der Waals surface area contributed by atoms with Gasteiger partial charge in [-0.2, -0.15) is 0 Å². The van der Waals surface area contributed by atoms with Crippen LogP contribution in [0.1, 0.15) is 5.56 Å². The maximum absolute atomic E-state index is 11.9. The predicted molar refractivity (Wildman–Crippen MR) is 66.0 cm³/mol. The highest BCUT2D eigenvalue weighted by Gasteiger charge is 2.16. The number of rotatable bonds is 2. The second kappa shape index (κ2) is 3.99. The summed E-state index contributed by atoms with van der Waals surface area (Å²) in [5, 5.41) is 7.03. The molecule has 0 aliphatic carbocycles. The second-order valence-electron chi connectivity index (χ2n) is 4.04. The average molecular weight is 242 g/mol. The van der Waals surface area contributed by atoms with Crippen LogP contribution in [-0.4, -0.2) is 14.9 Å². The number of aromatic amines is 1. The molecular weight excluding hydrogens is 230 g/mol. The molecule has 3 rings (SSSR count). The van der Waals surface area contributed by atoms with Gasteiger partial charge in [-0.05, 0) is 5.56 Å². The Hall–Kier alpha value is -2.63. The molecule has 0 atom stereocenters. The van der Waals surface area contributed by atoms with E-state index in [0.717, 1.165) is 5.56 Å². The molecule has 18 heavy (non-hydrogen) atoms. The molecular formula is C12H12N5O+. The summed E-state index contributed by atoms with van der Waals surface area (Å²) in [6.45, 7) is 0.546. The third kappa shape index (κ3) is 1.73. The zero-order valence-electron chi connectivity index (χ0n) is 9.58. The lowest BCUT2D eigenvalue weighted by Crippen LogP contribution is -2.32. The first kappa shape index (κ1) is 10.5. The Labute approximate surface area is 102 Å². The van der Waals surface area contributed by atoms with Crippen molar-refractivity contribution in [1.82, 2.24) is 14.9 Å². The Morgan fingerprint density at radius 2 is 2.11 bits per heavy atom. The zero-order valence-corrected chi connectivity index (χ0v) is 9.58. The lowest BCUT2D eigenvalue weighted by atomic mass is 10.2. The zero-order chi connectivity index (χ0) is 12.5. The topological polar surface area (TPSA) is 80.8 Å². The summed E-state index contributed by atoms with van der Waals surface area (Å²) in [6, 6.07) is 11.2. The standard InChI is InChI=1S/C12H11N5O/c13-11-6-10(18)12-16(14-8-17(12)15-11)7-9-4-2-1-3-5-9/h1-6,8H,7H2,(H2-,13,15,18)/p+1. The highest BCUT2D eigenvalue weighted by atomic mass is 16.1. The van der Waals surface area contributed by atoms with Crippen molar-refractivity contribution in [1.29, 1.82) is 0 Å². The molecule has 90 valence electrons. The van der Waals surface area contributed by atoms with Crippen molar-refractivity contribution < 1.29 is 4.52 Å². The number of hydrogen-bond acceptors (Lipinski definition) is 3. The molecule has 0 saturated heterocycles. The van der Waals surface area contributed by atoms with Crippen molar-refractivity contribution >= 4 is 11.5 Å². The fraction of sp³-hybridized carbons (Fsp3) is 0.0833. The molecule has 6 nitrogen and oxygen atoms in total. The molecule has 0 aliphatic heterocycles. The highest BCUT2D eigenvalue weighted by Crippen LogP contribution is 2.02. The van der Waals surface area contributed by atoms with Crippen LogP contribution < -0.4 is 15.7 Å². The molecule has 0 spiro atoms. The van der Waals surface area contributed by atoms with Gasteiger partial charge in [-0.3, -0.25) is 4.79 Å². The summed E-state index contributed by atoms with van der Waals surface area (Å²) < 4.78 is 3.17. The summed E-state index contributed by atoms with van der Waals surface area (Å²) in [5.74, 6) is 0.316. The number of benzene rings is 1. The number of aromatic nitrogens is 4. The summed E-state index contributed by atoms with van der Waals surface area (Å²) in [7, 11) is 0. The number of hydrogen-bond donors (Lipinski definition) is 2. The van der Waals surface area contributed by atoms with Gasteiger partial charge in [-0.1, -0.05) is 35.0 Å². The maximum atomic E-state index is 11.9. The quantitative estimate of drug-likeness (QED) is 0.618. The molecule has 3 N–H and O–H groups in total. The van der Waals surface area contributed by atoms with Crippen molar-refractivity contribution in [2.45, 2.75) is 6.54 Å². The first-order chi connectivity index (χ1) is 8.74. The molecule has 1 aromatic carbocycles. The van der Waals surface area contributed by atoms with Gasteiger partial charge in [0.25, 0.3) is 11.8 Å². The summed E-state index contributed by atoms with van der Waals surface area (Å²) in [6.07, 6.45) is 1.54. The molecule has 6 heteroatoms. The smallest absolute Gasteiger partial charge is 0.331 e. The van der Waals surface area contributed by atoms with Gasteiger partial charge in [-0.15, -0.1) is 4.52 Å². The first-order valence-electron chi connectivity index (χ1n) is 5.54. The summed E-state index contributed by atoms with van der Waals surface area (Å²) in [4.78, 5) is 11.9. The molecule has 2 aromatic heterocycles. The molecule has 0 amide bonds. The van der Waals surface area contributed by atoms with Crippen LogP contribution in [0, 0.1) is 0 Å². The van der Waals surface area contributed by atoms with Crippen molar-refractivity contribution in [3.05, 3.63) is 58.5 Å². The van der Waals surface area contributed by atoms with E-state index in [2.05, 4.69) is 10.2 Å². The summed E-state index contributed by atoms with van der Waals surface area (Å²) >= 11 is 0. The van der Waals surface area contributed by atoms with Gasteiger partial charge in [0, 0.05) is 11.2 Å². The van der Waals surface area contributed by atoms with E-state index in [9.17, 15) is 4.79 Å². The number of nitrogens with one attached hydrogen (secondary N) is 1. The Morgan fingerprint density at radius 3 is 2.89 bits per heavy atom. The summed E-state index contributed by atoms with van der Waals surface area (Å²) in [5.41, 5.74) is 6.97. The van der Waals surface area contributed by atoms with E-state index in [1.54, 1.807) is 4.68 Å². The van der Waals surface area contributed by atoms with Gasteiger partial charge in [-0.25, -0.2) is 5.10 Å². The van der Waals surface area contributed by atoms with Gasteiger partial charge in [0.1, 0.15) is 12.4 Å². The molecule has 0 radical (unpaired) electrons. The van der Waals surface area contributed by atoms with Crippen LogP contribution in [0.4, 0.5) is 5.82 Å². The maximum Gasteiger partial charge on any atom is 0.331 e. The molecule has 0 saturated carbocycles.